The van der Waals surface area contributed by atoms with E-state index in [4.69, 9.17) is 5.73 Å². The monoisotopic (exact) mass is 253 g/mol. The average molecular weight is 253 g/mol. The van der Waals surface area contributed by atoms with Gasteiger partial charge in [-0.3, -0.25) is 4.79 Å². The maximum absolute atomic E-state index is 12.2. The molecule has 1 aromatic heterocycles. The van der Waals surface area contributed by atoms with Crippen LogP contribution in [-0.4, -0.2) is 34.9 Å². The lowest BCUT2D eigenvalue weighted by atomic mass is 9.91. The van der Waals surface area contributed by atoms with E-state index in [1.807, 2.05) is 24.3 Å². The predicted octanol–water partition coefficient (Wildman–Crippen LogP) is 1.79. The standard InChI is InChI=1S/C12H19N3OS/c1-8-14-11(7-17-8)12(16)15(2)10-5-3-9(13)4-6-10/h7,9-10H,3-6,13H2,1-2H3. The molecule has 1 aliphatic rings. The Morgan fingerprint density at radius 1 is 1.47 bits per heavy atom. The first-order chi connectivity index (χ1) is 8.08. The van der Waals surface area contributed by atoms with Crippen LogP contribution in [0, 0.1) is 6.92 Å². The molecule has 0 unspecified atom stereocenters. The fourth-order valence-corrected chi connectivity index (χ4v) is 2.88. The topological polar surface area (TPSA) is 59.2 Å². The number of aromatic nitrogens is 1. The summed E-state index contributed by atoms with van der Waals surface area (Å²) in [5.74, 6) is 0.0369. The molecule has 1 aliphatic carbocycles. The van der Waals surface area contributed by atoms with Gasteiger partial charge in [-0.1, -0.05) is 0 Å². The minimum atomic E-state index is 0.0369. The molecule has 4 nitrogen and oxygen atoms in total. The minimum absolute atomic E-state index is 0.0369. The highest BCUT2D eigenvalue weighted by Gasteiger charge is 2.26. The van der Waals surface area contributed by atoms with Gasteiger partial charge in [0.05, 0.1) is 5.01 Å². The average Bonchev–Trinajstić information content (AvgIpc) is 2.75. The molecule has 1 fully saturated rings. The van der Waals surface area contributed by atoms with E-state index < -0.39 is 0 Å². The van der Waals surface area contributed by atoms with Gasteiger partial charge in [-0.25, -0.2) is 4.98 Å². The second-order valence-electron chi connectivity index (χ2n) is 4.74. The number of nitrogens with two attached hydrogens (primary N) is 1. The van der Waals surface area contributed by atoms with E-state index in [1.165, 1.54) is 11.3 Å². The van der Waals surface area contributed by atoms with Crippen molar-refractivity contribution in [2.24, 2.45) is 5.73 Å². The van der Waals surface area contributed by atoms with Crippen molar-refractivity contribution in [2.45, 2.75) is 44.7 Å². The smallest absolute Gasteiger partial charge is 0.273 e. The van der Waals surface area contributed by atoms with Crippen LogP contribution in [0.5, 0.6) is 0 Å². The Labute approximate surface area is 106 Å². The van der Waals surface area contributed by atoms with Crippen LogP contribution in [0.25, 0.3) is 0 Å². The van der Waals surface area contributed by atoms with E-state index in [0.717, 1.165) is 30.7 Å². The molecule has 0 bridgehead atoms. The van der Waals surface area contributed by atoms with Gasteiger partial charge >= 0.3 is 0 Å². The maximum atomic E-state index is 12.2. The predicted molar refractivity (Wildman–Crippen MR) is 69.2 cm³/mol. The summed E-state index contributed by atoms with van der Waals surface area (Å²) < 4.78 is 0. The van der Waals surface area contributed by atoms with E-state index in [-0.39, 0.29) is 5.91 Å². The Kier molecular flexibility index (Phi) is 3.79. The number of carbonyl (C=O) groups excluding carboxylic acids is 1. The Morgan fingerprint density at radius 2 is 2.12 bits per heavy atom. The van der Waals surface area contributed by atoms with Crippen molar-refractivity contribution in [3.63, 3.8) is 0 Å². The first kappa shape index (κ1) is 12.5. The van der Waals surface area contributed by atoms with Gasteiger partial charge in [0.15, 0.2) is 0 Å². The third-order valence-corrected chi connectivity index (χ3v) is 4.22. The molecule has 1 aromatic rings. The van der Waals surface area contributed by atoms with Crippen molar-refractivity contribution in [3.8, 4) is 0 Å². The first-order valence-electron chi connectivity index (χ1n) is 6.03. The van der Waals surface area contributed by atoms with Crippen molar-refractivity contribution in [1.29, 1.82) is 0 Å². The number of aryl methyl sites for hydroxylation is 1. The van der Waals surface area contributed by atoms with Gasteiger partial charge in [0, 0.05) is 24.5 Å². The van der Waals surface area contributed by atoms with Crippen molar-refractivity contribution in [2.75, 3.05) is 7.05 Å². The van der Waals surface area contributed by atoms with Crippen LogP contribution in [0.3, 0.4) is 0 Å². The Balaban J connectivity index is 2.00. The van der Waals surface area contributed by atoms with E-state index in [2.05, 4.69) is 4.98 Å². The van der Waals surface area contributed by atoms with Crippen molar-refractivity contribution < 1.29 is 4.79 Å². The molecule has 1 amide bonds. The lowest BCUT2D eigenvalue weighted by molar-refractivity contribution is 0.0684. The summed E-state index contributed by atoms with van der Waals surface area (Å²) in [6, 6.07) is 0.639. The molecule has 1 saturated carbocycles. The van der Waals surface area contributed by atoms with Gasteiger partial charge in [-0.2, -0.15) is 0 Å². The Bertz CT molecular complexity index is 396. The van der Waals surface area contributed by atoms with E-state index in [9.17, 15) is 4.79 Å². The molecule has 0 atom stereocenters. The summed E-state index contributed by atoms with van der Waals surface area (Å²) in [7, 11) is 1.87. The molecule has 17 heavy (non-hydrogen) atoms. The molecule has 1 heterocycles. The molecule has 2 N–H and O–H groups in total. The fourth-order valence-electron chi connectivity index (χ4n) is 2.30. The number of carbonyl (C=O) groups is 1. The highest BCUT2D eigenvalue weighted by molar-refractivity contribution is 7.09. The number of hydrogen-bond acceptors (Lipinski definition) is 4. The quantitative estimate of drug-likeness (QED) is 0.874. The molecule has 94 valence electrons. The van der Waals surface area contributed by atoms with Crippen molar-refractivity contribution >= 4 is 17.2 Å². The highest BCUT2D eigenvalue weighted by atomic mass is 32.1. The van der Waals surface area contributed by atoms with Crippen LogP contribution in [-0.2, 0) is 0 Å². The van der Waals surface area contributed by atoms with Crippen molar-refractivity contribution in [3.05, 3.63) is 16.1 Å². The zero-order valence-corrected chi connectivity index (χ0v) is 11.2. The lowest BCUT2D eigenvalue weighted by Gasteiger charge is -2.33. The fraction of sp³-hybridized carbons (Fsp3) is 0.667. The highest BCUT2D eigenvalue weighted by Crippen LogP contribution is 2.22. The van der Waals surface area contributed by atoms with Gasteiger partial charge in [-0.15, -0.1) is 11.3 Å². The SMILES string of the molecule is Cc1nc(C(=O)N(C)C2CCC(N)CC2)cs1. The number of thiazole rings is 1. The number of hydrogen-bond donors (Lipinski definition) is 1. The van der Waals surface area contributed by atoms with E-state index >= 15 is 0 Å². The van der Waals surface area contributed by atoms with Crippen LogP contribution in [0.2, 0.25) is 0 Å². The summed E-state index contributed by atoms with van der Waals surface area (Å²) in [5.41, 5.74) is 6.45. The zero-order chi connectivity index (χ0) is 12.4. The van der Waals surface area contributed by atoms with E-state index in [1.54, 1.807) is 0 Å². The van der Waals surface area contributed by atoms with Gasteiger partial charge < -0.3 is 10.6 Å². The van der Waals surface area contributed by atoms with Crippen LogP contribution in [0.1, 0.15) is 41.2 Å². The zero-order valence-electron chi connectivity index (χ0n) is 10.3. The number of rotatable bonds is 2. The molecular weight excluding hydrogens is 234 g/mol. The molecule has 0 spiro atoms. The van der Waals surface area contributed by atoms with Crippen LogP contribution < -0.4 is 5.73 Å². The van der Waals surface area contributed by atoms with E-state index in [0.29, 0.717) is 17.8 Å². The largest absolute Gasteiger partial charge is 0.337 e. The summed E-state index contributed by atoms with van der Waals surface area (Å²) in [5, 5.41) is 2.77. The molecule has 2 rings (SSSR count). The van der Waals surface area contributed by atoms with Gasteiger partial charge in [0.25, 0.3) is 5.91 Å². The maximum Gasteiger partial charge on any atom is 0.273 e. The van der Waals surface area contributed by atoms with Crippen LogP contribution >= 0.6 is 11.3 Å². The summed E-state index contributed by atoms with van der Waals surface area (Å²) in [6.45, 7) is 1.92. The molecule has 0 aliphatic heterocycles. The third-order valence-electron chi connectivity index (χ3n) is 3.45. The second-order valence-corrected chi connectivity index (χ2v) is 5.80. The van der Waals surface area contributed by atoms with Gasteiger partial charge in [-0.05, 0) is 32.6 Å². The van der Waals surface area contributed by atoms with Crippen LogP contribution in [0.15, 0.2) is 5.38 Å². The summed E-state index contributed by atoms with van der Waals surface area (Å²) in [6.07, 6.45) is 4.04. The van der Waals surface area contributed by atoms with Gasteiger partial charge in [0.1, 0.15) is 5.69 Å². The van der Waals surface area contributed by atoms with Crippen molar-refractivity contribution in [1.82, 2.24) is 9.88 Å². The molecule has 5 heteroatoms. The number of nitrogens with zero attached hydrogens (tertiary/aromatic N) is 2. The van der Waals surface area contributed by atoms with Crippen LogP contribution in [0.4, 0.5) is 0 Å². The molecular formula is C12H19N3OS. The first-order valence-corrected chi connectivity index (χ1v) is 6.90. The normalized spacial score (nSPS) is 24.6. The van der Waals surface area contributed by atoms with Gasteiger partial charge in [0.2, 0.25) is 0 Å². The summed E-state index contributed by atoms with van der Waals surface area (Å²) >= 11 is 1.52. The molecule has 0 saturated heterocycles. The third kappa shape index (κ3) is 2.84. The minimum Gasteiger partial charge on any atom is -0.337 e. The number of amides is 1. The summed E-state index contributed by atoms with van der Waals surface area (Å²) in [4.78, 5) is 18.3. The molecule has 0 radical (unpaired) electrons. The molecule has 0 aromatic carbocycles. The Morgan fingerprint density at radius 3 is 2.65 bits per heavy atom. The second kappa shape index (κ2) is 5.14. The lowest BCUT2D eigenvalue weighted by Crippen LogP contribution is -2.41. The Hall–Kier alpha value is -0.940.